The molecule has 7 nitrogen and oxygen atoms in total. The lowest BCUT2D eigenvalue weighted by atomic mass is 9.88. The number of primary sulfonamides is 1. The van der Waals surface area contributed by atoms with E-state index < -0.39 is 27.5 Å². The molecule has 0 radical (unpaired) electrons. The number of nitrogens with two attached hydrogens (primary N) is 1. The third-order valence-corrected chi connectivity index (χ3v) is 5.49. The Morgan fingerprint density at radius 2 is 1.89 bits per heavy atom. The van der Waals surface area contributed by atoms with Crippen LogP contribution in [0.1, 0.15) is 35.3 Å². The van der Waals surface area contributed by atoms with Gasteiger partial charge in [-0.3, -0.25) is 4.79 Å². The Morgan fingerprint density at radius 3 is 2.48 bits per heavy atom. The van der Waals surface area contributed by atoms with Gasteiger partial charge in [-0.2, -0.15) is 0 Å². The number of benzene rings is 2. The minimum absolute atomic E-state index is 0.0585. The number of aryl methyl sites for hydroxylation is 1. The number of anilines is 1. The SMILES string of the molecule is CCc1ccc2c(c1)CC(C)(C(=O)Nc1ccc(S(N)(=O)=O)cc1)OC2=O. The summed E-state index contributed by atoms with van der Waals surface area (Å²) in [6.07, 6.45) is 1.07. The van der Waals surface area contributed by atoms with Crippen molar-refractivity contribution < 1.29 is 22.7 Å². The Bertz CT molecular complexity index is 1010. The molecule has 142 valence electrons. The highest BCUT2D eigenvalue weighted by Crippen LogP contribution is 2.30. The van der Waals surface area contributed by atoms with Crippen molar-refractivity contribution in [1.82, 2.24) is 0 Å². The second kappa shape index (κ2) is 6.79. The van der Waals surface area contributed by atoms with Crippen LogP contribution in [0.4, 0.5) is 5.69 Å². The molecule has 0 aromatic heterocycles. The molecule has 1 amide bonds. The number of ether oxygens (including phenoxy) is 1. The van der Waals surface area contributed by atoms with Crippen LogP contribution in [0.3, 0.4) is 0 Å². The van der Waals surface area contributed by atoms with E-state index in [-0.39, 0.29) is 11.3 Å². The summed E-state index contributed by atoms with van der Waals surface area (Å²) in [4.78, 5) is 25.0. The molecular formula is C19H20N2O5S. The first-order valence-corrected chi connectivity index (χ1v) is 9.96. The molecule has 0 saturated carbocycles. The maximum absolute atomic E-state index is 12.7. The molecule has 1 aliphatic heterocycles. The summed E-state index contributed by atoms with van der Waals surface area (Å²) in [7, 11) is -3.81. The van der Waals surface area contributed by atoms with Gasteiger partial charge in [0.1, 0.15) is 0 Å². The lowest BCUT2D eigenvalue weighted by Crippen LogP contribution is -2.49. The summed E-state index contributed by atoms with van der Waals surface area (Å²) in [5, 5.41) is 7.72. The smallest absolute Gasteiger partial charge is 0.339 e. The summed E-state index contributed by atoms with van der Waals surface area (Å²) in [6, 6.07) is 11.0. The van der Waals surface area contributed by atoms with E-state index in [1.807, 2.05) is 19.1 Å². The fourth-order valence-corrected chi connectivity index (χ4v) is 3.50. The molecule has 1 unspecified atom stereocenters. The lowest BCUT2D eigenvalue weighted by molar-refractivity contribution is -0.134. The zero-order valence-corrected chi connectivity index (χ0v) is 15.8. The van der Waals surface area contributed by atoms with Crippen LogP contribution in [0.5, 0.6) is 0 Å². The molecule has 3 rings (SSSR count). The van der Waals surface area contributed by atoms with E-state index in [9.17, 15) is 18.0 Å². The van der Waals surface area contributed by atoms with Crippen LogP contribution < -0.4 is 10.5 Å². The predicted molar refractivity (Wildman–Crippen MR) is 99.8 cm³/mol. The molecule has 1 aliphatic rings. The number of hydrogen-bond acceptors (Lipinski definition) is 5. The highest BCUT2D eigenvalue weighted by atomic mass is 32.2. The van der Waals surface area contributed by atoms with Crippen molar-refractivity contribution in [1.29, 1.82) is 0 Å². The summed E-state index contributed by atoms with van der Waals surface area (Å²) in [5.41, 5.74) is 1.32. The van der Waals surface area contributed by atoms with E-state index in [2.05, 4.69) is 5.32 Å². The van der Waals surface area contributed by atoms with Crippen LogP contribution in [0.25, 0.3) is 0 Å². The number of amides is 1. The van der Waals surface area contributed by atoms with Crippen molar-refractivity contribution in [3.63, 3.8) is 0 Å². The molecule has 2 aromatic rings. The van der Waals surface area contributed by atoms with Crippen molar-refractivity contribution in [2.45, 2.75) is 37.2 Å². The Hall–Kier alpha value is -2.71. The summed E-state index contributed by atoms with van der Waals surface area (Å²) in [5.74, 6) is -1.03. The molecule has 0 spiro atoms. The van der Waals surface area contributed by atoms with E-state index in [0.29, 0.717) is 11.3 Å². The first-order valence-electron chi connectivity index (χ1n) is 8.42. The second-order valence-corrected chi connectivity index (χ2v) is 8.23. The summed E-state index contributed by atoms with van der Waals surface area (Å²) in [6.45, 7) is 3.57. The van der Waals surface area contributed by atoms with Gasteiger partial charge >= 0.3 is 5.97 Å². The largest absolute Gasteiger partial charge is 0.445 e. The van der Waals surface area contributed by atoms with Crippen LogP contribution in [0, 0.1) is 0 Å². The van der Waals surface area contributed by atoms with Crippen molar-refractivity contribution in [2.75, 3.05) is 5.32 Å². The number of carbonyl (C=O) groups excluding carboxylic acids is 2. The first-order chi connectivity index (χ1) is 12.6. The van der Waals surface area contributed by atoms with Crippen molar-refractivity contribution in [3.8, 4) is 0 Å². The normalized spacial score (nSPS) is 19.1. The predicted octanol–water partition coefficient (Wildman–Crippen LogP) is 2.01. The molecule has 0 bridgehead atoms. The maximum Gasteiger partial charge on any atom is 0.339 e. The summed E-state index contributed by atoms with van der Waals surface area (Å²) < 4.78 is 28.0. The van der Waals surface area contributed by atoms with Gasteiger partial charge in [0, 0.05) is 12.1 Å². The van der Waals surface area contributed by atoms with E-state index in [0.717, 1.165) is 17.5 Å². The number of cyclic esters (lactones) is 1. The molecule has 1 heterocycles. The quantitative estimate of drug-likeness (QED) is 0.777. The van der Waals surface area contributed by atoms with Crippen molar-refractivity contribution in [2.24, 2.45) is 5.14 Å². The third-order valence-electron chi connectivity index (χ3n) is 4.56. The molecular weight excluding hydrogens is 368 g/mol. The highest BCUT2D eigenvalue weighted by Gasteiger charge is 2.42. The number of carbonyl (C=O) groups is 2. The van der Waals surface area contributed by atoms with Crippen LogP contribution in [-0.4, -0.2) is 25.9 Å². The van der Waals surface area contributed by atoms with Crippen LogP contribution in [0.15, 0.2) is 47.4 Å². The minimum Gasteiger partial charge on any atom is -0.445 e. The van der Waals surface area contributed by atoms with Crippen molar-refractivity contribution in [3.05, 3.63) is 59.2 Å². The molecule has 8 heteroatoms. The van der Waals surface area contributed by atoms with E-state index in [1.165, 1.54) is 24.3 Å². The van der Waals surface area contributed by atoms with E-state index in [4.69, 9.17) is 9.88 Å². The molecule has 27 heavy (non-hydrogen) atoms. The van der Waals surface area contributed by atoms with Gasteiger partial charge in [-0.25, -0.2) is 18.4 Å². The maximum atomic E-state index is 12.7. The fourth-order valence-electron chi connectivity index (χ4n) is 2.99. The highest BCUT2D eigenvalue weighted by molar-refractivity contribution is 7.89. The number of nitrogens with one attached hydrogen (secondary N) is 1. The monoisotopic (exact) mass is 388 g/mol. The van der Waals surface area contributed by atoms with Gasteiger partial charge in [-0.1, -0.05) is 19.1 Å². The van der Waals surface area contributed by atoms with Crippen molar-refractivity contribution >= 4 is 27.6 Å². The molecule has 1 atom stereocenters. The molecule has 0 saturated heterocycles. The van der Waals surface area contributed by atoms with Crippen LogP contribution >= 0.6 is 0 Å². The number of fused-ring (bicyclic) bond motifs is 1. The number of hydrogen-bond donors (Lipinski definition) is 2. The number of esters is 1. The van der Waals surface area contributed by atoms with E-state index >= 15 is 0 Å². The zero-order chi connectivity index (χ0) is 19.8. The van der Waals surface area contributed by atoms with Gasteiger partial charge in [-0.05, 0) is 54.8 Å². The lowest BCUT2D eigenvalue weighted by Gasteiger charge is -2.33. The van der Waals surface area contributed by atoms with Gasteiger partial charge in [-0.15, -0.1) is 0 Å². The molecule has 3 N–H and O–H groups in total. The Morgan fingerprint density at radius 1 is 1.22 bits per heavy atom. The van der Waals surface area contributed by atoms with Gasteiger partial charge in [0.2, 0.25) is 10.0 Å². The first kappa shape index (κ1) is 19.1. The number of rotatable bonds is 4. The number of sulfonamides is 1. The Kier molecular flexibility index (Phi) is 4.79. The van der Waals surface area contributed by atoms with E-state index in [1.54, 1.807) is 13.0 Å². The van der Waals surface area contributed by atoms with Crippen LogP contribution in [-0.2, 0) is 32.4 Å². The average Bonchev–Trinajstić information content (AvgIpc) is 2.60. The summed E-state index contributed by atoms with van der Waals surface area (Å²) >= 11 is 0. The average molecular weight is 388 g/mol. The molecule has 2 aromatic carbocycles. The molecule has 0 aliphatic carbocycles. The topological polar surface area (TPSA) is 116 Å². The Labute approximate surface area is 157 Å². The fraction of sp³-hybridized carbons (Fsp3) is 0.263. The Balaban J connectivity index is 1.82. The van der Waals surface area contributed by atoms with Gasteiger partial charge in [0.25, 0.3) is 5.91 Å². The molecule has 0 fully saturated rings. The van der Waals surface area contributed by atoms with Gasteiger partial charge in [0.15, 0.2) is 5.60 Å². The second-order valence-electron chi connectivity index (χ2n) is 6.67. The third kappa shape index (κ3) is 3.86. The van der Waals surface area contributed by atoms with Crippen LogP contribution in [0.2, 0.25) is 0 Å². The zero-order valence-electron chi connectivity index (χ0n) is 15.0. The van der Waals surface area contributed by atoms with Gasteiger partial charge in [0.05, 0.1) is 10.5 Å². The van der Waals surface area contributed by atoms with Gasteiger partial charge < -0.3 is 10.1 Å². The standard InChI is InChI=1S/C19H20N2O5S/c1-3-12-4-9-16-13(10-12)11-19(2,26-17(16)22)18(23)21-14-5-7-15(8-6-14)27(20,24)25/h4-10H,3,11H2,1-2H3,(H,21,23)(H2,20,24,25). The minimum atomic E-state index is -3.81.